The molecule has 0 aliphatic carbocycles. The molecule has 0 unspecified atom stereocenters. The van der Waals surface area contributed by atoms with Crippen LogP contribution < -0.4 is 0 Å². The number of sulfone groups is 2. The molecule has 0 saturated heterocycles. The maximum atomic E-state index is 12.4. The zero-order chi connectivity index (χ0) is 20.9. The summed E-state index contributed by atoms with van der Waals surface area (Å²) in [5.74, 6) is 0.256. The zero-order valence-corrected chi connectivity index (χ0v) is 19.3. The van der Waals surface area contributed by atoms with E-state index in [-0.39, 0.29) is 21.3 Å². The molecule has 4 nitrogen and oxygen atoms in total. The first-order valence-corrected chi connectivity index (χ1v) is 14.2. The van der Waals surface area contributed by atoms with Gasteiger partial charge in [-0.25, -0.2) is 16.8 Å². The zero-order valence-electron chi connectivity index (χ0n) is 17.7. The predicted octanol–water partition coefficient (Wildman–Crippen LogP) is 5.96. The van der Waals surface area contributed by atoms with Crippen LogP contribution in [0.5, 0.6) is 0 Å². The van der Waals surface area contributed by atoms with E-state index in [0.717, 1.165) is 38.5 Å². The molecule has 0 bridgehead atoms. The molecule has 0 aliphatic rings. The monoisotopic (exact) mass is 430 g/mol. The van der Waals surface area contributed by atoms with Crippen LogP contribution >= 0.6 is 0 Å². The summed E-state index contributed by atoms with van der Waals surface area (Å²) in [5, 5.41) is 0. The molecular weight excluding hydrogens is 392 g/mol. The van der Waals surface area contributed by atoms with Crippen molar-refractivity contribution in [2.24, 2.45) is 0 Å². The van der Waals surface area contributed by atoms with Crippen LogP contribution in [0.3, 0.4) is 0 Å². The molecular formula is C22H38O4S2. The van der Waals surface area contributed by atoms with Crippen molar-refractivity contribution < 1.29 is 16.8 Å². The molecule has 0 aliphatic heterocycles. The van der Waals surface area contributed by atoms with Crippen molar-refractivity contribution in [1.82, 2.24) is 0 Å². The Morgan fingerprint density at radius 2 is 0.786 bits per heavy atom. The van der Waals surface area contributed by atoms with Crippen molar-refractivity contribution in [2.75, 3.05) is 11.5 Å². The average molecular weight is 431 g/mol. The van der Waals surface area contributed by atoms with Gasteiger partial charge in [0.15, 0.2) is 19.7 Å². The van der Waals surface area contributed by atoms with Crippen LogP contribution in [0, 0.1) is 0 Å². The van der Waals surface area contributed by atoms with Crippen LogP contribution in [0.25, 0.3) is 0 Å². The largest absolute Gasteiger partial charge is 0.224 e. The first-order valence-electron chi connectivity index (χ1n) is 10.9. The summed E-state index contributed by atoms with van der Waals surface area (Å²) in [4.78, 5) is 0.444. The van der Waals surface area contributed by atoms with Crippen molar-refractivity contribution >= 4 is 19.7 Å². The Morgan fingerprint density at radius 3 is 1.11 bits per heavy atom. The fraction of sp³-hybridized carbons (Fsp3) is 0.727. The van der Waals surface area contributed by atoms with Crippen molar-refractivity contribution in [3.63, 3.8) is 0 Å². The van der Waals surface area contributed by atoms with Gasteiger partial charge in [0, 0.05) is 0 Å². The summed E-state index contributed by atoms with van der Waals surface area (Å²) in [6.07, 6.45) is 12.3. The van der Waals surface area contributed by atoms with Gasteiger partial charge in [-0.05, 0) is 37.1 Å². The lowest BCUT2D eigenvalue weighted by atomic mass is 10.1. The molecule has 0 N–H and O–H groups in total. The third-order valence-electron chi connectivity index (χ3n) is 5.08. The second-order valence-corrected chi connectivity index (χ2v) is 11.9. The summed E-state index contributed by atoms with van der Waals surface area (Å²) in [6, 6.07) is 5.78. The van der Waals surface area contributed by atoms with E-state index in [2.05, 4.69) is 13.8 Å². The molecule has 0 amide bonds. The number of benzene rings is 1. The van der Waals surface area contributed by atoms with Crippen LogP contribution in [0.4, 0.5) is 0 Å². The molecule has 0 saturated carbocycles. The van der Waals surface area contributed by atoms with Crippen LogP contribution in [-0.2, 0) is 19.7 Å². The Labute approximate surface area is 173 Å². The van der Waals surface area contributed by atoms with E-state index in [0.29, 0.717) is 12.8 Å². The molecule has 0 heterocycles. The van der Waals surface area contributed by atoms with E-state index >= 15 is 0 Å². The van der Waals surface area contributed by atoms with E-state index in [1.165, 1.54) is 49.9 Å². The minimum atomic E-state index is -3.34. The number of unbranched alkanes of at least 4 members (excludes halogenated alkanes) is 10. The number of hydrogen-bond acceptors (Lipinski definition) is 4. The first-order chi connectivity index (χ1) is 13.3. The first kappa shape index (κ1) is 25.2. The molecule has 0 spiro atoms. The Hall–Kier alpha value is -0.880. The summed E-state index contributed by atoms with van der Waals surface area (Å²) in [7, 11) is -6.68. The van der Waals surface area contributed by atoms with Crippen molar-refractivity contribution in [3.05, 3.63) is 24.3 Å². The topological polar surface area (TPSA) is 68.3 Å². The number of rotatable bonds is 16. The van der Waals surface area contributed by atoms with Gasteiger partial charge in [0.1, 0.15) is 0 Å². The molecule has 0 fully saturated rings. The highest BCUT2D eigenvalue weighted by molar-refractivity contribution is 7.91. The second kappa shape index (κ2) is 13.4. The van der Waals surface area contributed by atoms with Crippen LogP contribution in [0.2, 0.25) is 0 Å². The minimum absolute atomic E-state index is 0.128. The van der Waals surface area contributed by atoms with Crippen LogP contribution in [0.15, 0.2) is 34.1 Å². The molecule has 1 rings (SSSR count). The minimum Gasteiger partial charge on any atom is -0.224 e. The molecule has 0 aromatic heterocycles. The van der Waals surface area contributed by atoms with Gasteiger partial charge in [0.2, 0.25) is 0 Å². The van der Waals surface area contributed by atoms with E-state index in [1.807, 2.05) is 0 Å². The maximum Gasteiger partial charge on any atom is 0.178 e. The van der Waals surface area contributed by atoms with E-state index in [9.17, 15) is 16.8 Å². The standard InChI is InChI=1S/C22H38O4S2/c1-3-5-7-9-11-13-19-27(23,24)21-15-17-22(18-16-21)28(25,26)20-14-12-10-8-6-4-2/h15-18H,3-14,19-20H2,1-2H3. The lowest BCUT2D eigenvalue weighted by molar-refractivity contribution is 0.580. The van der Waals surface area contributed by atoms with Crippen LogP contribution in [-0.4, -0.2) is 28.3 Å². The van der Waals surface area contributed by atoms with Gasteiger partial charge in [0.25, 0.3) is 0 Å². The Bertz CT molecular complexity index is 670. The summed E-state index contributed by atoms with van der Waals surface area (Å²) in [6.45, 7) is 4.31. The van der Waals surface area contributed by atoms with Gasteiger partial charge < -0.3 is 0 Å². The summed E-state index contributed by atoms with van der Waals surface area (Å²) < 4.78 is 49.7. The third kappa shape index (κ3) is 9.55. The highest BCUT2D eigenvalue weighted by atomic mass is 32.2. The molecule has 0 radical (unpaired) electrons. The normalized spacial score (nSPS) is 12.4. The maximum absolute atomic E-state index is 12.4. The van der Waals surface area contributed by atoms with Crippen LogP contribution in [0.1, 0.15) is 90.9 Å². The molecule has 162 valence electrons. The highest BCUT2D eigenvalue weighted by Gasteiger charge is 2.18. The Morgan fingerprint density at radius 1 is 0.500 bits per heavy atom. The van der Waals surface area contributed by atoms with Crippen molar-refractivity contribution in [1.29, 1.82) is 0 Å². The second-order valence-electron chi connectivity index (χ2n) is 7.64. The molecule has 1 aromatic rings. The molecule has 6 heteroatoms. The molecule has 1 aromatic carbocycles. The fourth-order valence-corrected chi connectivity index (χ4v) is 5.98. The predicted molar refractivity (Wildman–Crippen MR) is 117 cm³/mol. The van der Waals surface area contributed by atoms with Gasteiger partial charge in [0.05, 0.1) is 21.3 Å². The van der Waals surface area contributed by atoms with E-state index in [1.54, 1.807) is 0 Å². The van der Waals surface area contributed by atoms with Gasteiger partial charge in [-0.3, -0.25) is 0 Å². The lowest BCUT2D eigenvalue weighted by Crippen LogP contribution is -2.09. The molecule has 28 heavy (non-hydrogen) atoms. The highest BCUT2D eigenvalue weighted by Crippen LogP contribution is 2.19. The Kier molecular flexibility index (Phi) is 12.0. The van der Waals surface area contributed by atoms with Gasteiger partial charge in [-0.1, -0.05) is 78.1 Å². The van der Waals surface area contributed by atoms with E-state index < -0.39 is 19.7 Å². The summed E-state index contributed by atoms with van der Waals surface area (Å²) in [5.41, 5.74) is 0. The van der Waals surface area contributed by atoms with Gasteiger partial charge in [-0.2, -0.15) is 0 Å². The lowest BCUT2D eigenvalue weighted by Gasteiger charge is -2.08. The fourth-order valence-electron chi connectivity index (χ4n) is 3.23. The Balaban J connectivity index is 2.51. The number of hydrogen-bond donors (Lipinski definition) is 0. The smallest absolute Gasteiger partial charge is 0.178 e. The quantitative estimate of drug-likeness (QED) is 0.304. The SMILES string of the molecule is CCCCCCCCS(=O)(=O)c1ccc(S(=O)(=O)CCCCCCCC)cc1. The molecule has 0 atom stereocenters. The van der Waals surface area contributed by atoms with Gasteiger partial charge >= 0.3 is 0 Å². The average Bonchev–Trinajstić information content (AvgIpc) is 2.67. The van der Waals surface area contributed by atoms with Crippen molar-refractivity contribution in [3.8, 4) is 0 Å². The van der Waals surface area contributed by atoms with E-state index in [4.69, 9.17) is 0 Å². The van der Waals surface area contributed by atoms with Crippen molar-refractivity contribution in [2.45, 2.75) is 101 Å². The van der Waals surface area contributed by atoms with Gasteiger partial charge in [-0.15, -0.1) is 0 Å². The summed E-state index contributed by atoms with van der Waals surface area (Å²) >= 11 is 0. The third-order valence-corrected chi connectivity index (χ3v) is 8.71.